The summed E-state index contributed by atoms with van der Waals surface area (Å²) in [4.78, 5) is 14.6. The van der Waals surface area contributed by atoms with Gasteiger partial charge in [0.2, 0.25) is 0 Å². The number of halogens is 3. The van der Waals surface area contributed by atoms with Gasteiger partial charge in [-0.2, -0.15) is 18.4 Å². The summed E-state index contributed by atoms with van der Waals surface area (Å²) in [6.45, 7) is 4.27. The number of amides is 1. The summed E-state index contributed by atoms with van der Waals surface area (Å²) >= 11 is 0. The SMILES string of the molecule is CC1(C)CN(Cc2ccc3nonc3c2)C(=O)C1Oc1ccc(C#N)c(C(F)(F)F)c1. The summed E-state index contributed by atoms with van der Waals surface area (Å²) in [5.74, 6) is -0.448. The number of fused-ring (bicyclic) bond motifs is 1. The number of hydrogen-bond acceptors (Lipinski definition) is 6. The summed E-state index contributed by atoms with van der Waals surface area (Å²) in [5.41, 5.74) is -0.278. The van der Waals surface area contributed by atoms with Crippen molar-refractivity contribution in [1.29, 1.82) is 5.26 Å². The molecule has 7 nitrogen and oxygen atoms in total. The highest BCUT2D eigenvalue weighted by Crippen LogP contribution is 2.38. The van der Waals surface area contributed by atoms with Crippen LogP contribution in [0.4, 0.5) is 13.2 Å². The van der Waals surface area contributed by atoms with Gasteiger partial charge in [0.05, 0.1) is 17.2 Å². The Hall–Kier alpha value is -3.61. The van der Waals surface area contributed by atoms with Crippen molar-refractivity contribution in [3.8, 4) is 11.8 Å². The number of carbonyl (C=O) groups is 1. The number of nitriles is 1. The van der Waals surface area contributed by atoms with Gasteiger partial charge in [0.1, 0.15) is 16.8 Å². The minimum Gasteiger partial charge on any atom is -0.480 e. The molecular weight excluding hydrogens is 413 g/mol. The number of ether oxygens (including phenoxy) is 1. The Labute approximate surface area is 175 Å². The van der Waals surface area contributed by atoms with Crippen LogP contribution < -0.4 is 4.74 Å². The molecule has 1 fully saturated rings. The van der Waals surface area contributed by atoms with E-state index in [2.05, 4.69) is 14.9 Å². The van der Waals surface area contributed by atoms with E-state index in [4.69, 9.17) is 10.00 Å². The minimum absolute atomic E-state index is 0.116. The number of nitrogens with zero attached hydrogens (tertiary/aromatic N) is 4. The number of benzene rings is 2. The summed E-state index contributed by atoms with van der Waals surface area (Å²) in [6.07, 6.45) is -5.68. The predicted molar refractivity (Wildman–Crippen MR) is 102 cm³/mol. The molecule has 160 valence electrons. The second-order valence-corrected chi connectivity index (χ2v) is 8.09. The van der Waals surface area contributed by atoms with E-state index in [1.807, 2.05) is 13.8 Å². The Balaban J connectivity index is 1.56. The van der Waals surface area contributed by atoms with Crippen molar-refractivity contribution < 1.29 is 27.3 Å². The van der Waals surface area contributed by atoms with Crippen LogP contribution in [0.2, 0.25) is 0 Å². The molecule has 10 heteroatoms. The maximum Gasteiger partial charge on any atom is 0.417 e. The average Bonchev–Trinajstić information content (AvgIpc) is 3.25. The van der Waals surface area contributed by atoms with E-state index in [1.54, 1.807) is 23.1 Å². The van der Waals surface area contributed by atoms with Crippen LogP contribution in [-0.2, 0) is 17.5 Å². The van der Waals surface area contributed by atoms with Crippen molar-refractivity contribution >= 4 is 16.9 Å². The summed E-state index contributed by atoms with van der Waals surface area (Å²) in [6, 6.07) is 9.90. The molecule has 1 unspecified atom stereocenters. The number of hydrogen-bond donors (Lipinski definition) is 0. The van der Waals surface area contributed by atoms with Gasteiger partial charge in [-0.05, 0) is 46.2 Å². The molecule has 0 radical (unpaired) electrons. The molecule has 0 spiro atoms. The first-order chi connectivity index (χ1) is 14.6. The van der Waals surface area contributed by atoms with Gasteiger partial charge in [0.25, 0.3) is 5.91 Å². The quantitative estimate of drug-likeness (QED) is 0.623. The van der Waals surface area contributed by atoms with Gasteiger partial charge in [0.15, 0.2) is 6.10 Å². The molecule has 1 aliphatic heterocycles. The van der Waals surface area contributed by atoms with Crippen LogP contribution in [0.1, 0.15) is 30.5 Å². The van der Waals surface area contributed by atoms with E-state index < -0.39 is 28.8 Å². The summed E-state index contributed by atoms with van der Waals surface area (Å²) < 4.78 is 50.2. The highest BCUT2D eigenvalue weighted by molar-refractivity contribution is 5.85. The van der Waals surface area contributed by atoms with Crippen molar-refractivity contribution in [2.45, 2.75) is 32.7 Å². The van der Waals surface area contributed by atoms with Gasteiger partial charge in [-0.3, -0.25) is 4.79 Å². The third kappa shape index (κ3) is 3.91. The van der Waals surface area contributed by atoms with E-state index in [0.29, 0.717) is 17.6 Å². The van der Waals surface area contributed by atoms with Crippen LogP contribution in [0.3, 0.4) is 0 Å². The molecule has 1 aromatic heterocycles. The number of carbonyl (C=O) groups excluding carboxylic acids is 1. The maximum atomic E-state index is 13.3. The van der Waals surface area contributed by atoms with E-state index in [9.17, 15) is 18.0 Å². The van der Waals surface area contributed by atoms with Crippen molar-refractivity contribution in [3.63, 3.8) is 0 Å². The topological polar surface area (TPSA) is 92.2 Å². The van der Waals surface area contributed by atoms with Gasteiger partial charge in [-0.25, -0.2) is 4.63 Å². The van der Waals surface area contributed by atoms with Gasteiger partial charge >= 0.3 is 6.18 Å². The Morgan fingerprint density at radius 2 is 1.97 bits per heavy atom. The maximum absolute atomic E-state index is 13.3. The van der Waals surface area contributed by atoms with Gasteiger partial charge in [0, 0.05) is 18.5 Å². The van der Waals surface area contributed by atoms with Crippen LogP contribution in [-0.4, -0.2) is 33.8 Å². The van der Waals surface area contributed by atoms with Crippen molar-refractivity contribution in [2.75, 3.05) is 6.54 Å². The fraction of sp³-hybridized carbons (Fsp3) is 0.333. The van der Waals surface area contributed by atoms with Gasteiger partial charge in [-0.1, -0.05) is 19.9 Å². The molecule has 2 aromatic carbocycles. The van der Waals surface area contributed by atoms with Crippen molar-refractivity contribution in [1.82, 2.24) is 15.2 Å². The molecule has 2 heterocycles. The molecule has 0 N–H and O–H groups in total. The zero-order valence-electron chi connectivity index (χ0n) is 16.6. The van der Waals surface area contributed by atoms with E-state index >= 15 is 0 Å². The second-order valence-electron chi connectivity index (χ2n) is 8.09. The minimum atomic E-state index is -4.71. The van der Waals surface area contributed by atoms with Crippen molar-refractivity contribution in [2.24, 2.45) is 5.41 Å². The predicted octanol–water partition coefficient (Wildman–Crippen LogP) is 3.93. The first-order valence-electron chi connectivity index (χ1n) is 9.36. The van der Waals surface area contributed by atoms with E-state index in [-0.39, 0.29) is 18.2 Å². The molecule has 1 atom stereocenters. The number of rotatable bonds is 4. The van der Waals surface area contributed by atoms with Crippen LogP contribution in [0.5, 0.6) is 5.75 Å². The zero-order valence-corrected chi connectivity index (χ0v) is 16.6. The molecular formula is C21H17F3N4O3. The molecule has 4 rings (SSSR count). The van der Waals surface area contributed by atoms with Gasteiger partial charge < -0.3 is 9.64 Å². The largest absolute Gasteiger partial charge is 0.480 e. The smallest absolute Gasteiger partial charge is 0.417 e. The fourth-order valence-electron chi connectivity index (χ4n) is 3.71. The molecule has 0 saturated carbocycles. The Morgan fingerprint density at radius 3 is 2.68 bits per heavy atom. The zero-order chi connectivity index (χ0) is 22.4. The first kappa shape index (κ1) is 20.7. The Morgan fingerprint density at radius 1 is 1.23 bits per heavy atom. The second kappa shape index (κ2) is 7.27. The van der Waals surface area contributed by atoms with Crippen molar-refractivity contribution in [3.05, 3.63) is 53.1 Å². The van der Waals surface area contributed by atoms with Gasteiger partial charge in [-0.15, -0.1) is 0 Å². The van der Waals surface area contributed by atoms with Crippen LogP contribution >= 0.6 is 0 Å². The summed E-state index contributed by atoms with van der Waals surface area (Å²) in [5, 5.41) is 16.5. The highest BCUT2D eigenvalue weighted by atomic mass is 19.4. The Kier molecular flexibility index (Phi) is 4.84. The average molecular weight is 430 g/mol. The van der Waals surface area contributed by atoms with Crippen LogP contribution in [0, 0.1) is 16.7 Å². The molecule has 31 heavy (non-hydrogen) atoms. The monoisotopic (exact) mass is 430 g/mol. The lowest BCUT2D eigenvalue weighted by atomic mass is 9.89. The third-order valence-corrected chi connectivity index (χ3v) is 5.21. The molecule has 1 aliphatic rings. The van der Waals surface area contributed by atoms with E-state index in [1.165, 1.54) is 12.1 Å². The molecule has 1 saturated heterocycles. The fourth-order valence-corrected chi connectivity index (χ4v) is 3.71. The lowest BCUT2D eigenvalue weighted by Crippen LogP contribution is -2.36. The van der Waals surface area contributed by atoms with Crippen LogP contribution in [0.25, 0.3) is 11.0 Å². The standard InChI is InChI=1S/C21H17F3N4O3/c1-20(2)11-28(10-12-3-6-16-17(7-12)27-31-26-16)19(29)18(20)30-14-5-4-13(9-25)15(8-14)21(22,23)24/h3-8,18H,10-11H2,1-2H3. The molecule has 3 aromatic rings. The molecule has 0 aliphatic carbocycles. The number of likely N-dealkylation sites (tertiary alicyclic amines) is 1. The Bertz CT molecular complexity index is 1200. The van der Waals surface area contributed by atoms with E-state index in [0.717, 1.165) is 17.7 Å². The van der Waals surface area contributed by atoms with Crippen LogP contribution in [0.15, 0.2) is 41.0 Å². The summed E-state index contributed by atoms with van der Waals surface area (Å²) in [7, 11) is 0. The normalized spacial score (nSPS) is 18.4. The lowest BCUT2D eigenvalue weighted by Gasteiger charge is -2.24. The number of alkyl halides is 3. The first-order valence-corrected chi connectivity index (χ1v) is 9.36. The number of aromatic nitrogens is 2. The molecule has 1 amide bonds. The lowest BCUT2D eigenvalue weighted by molar-refractivity contribution is -0.138. The molecule has 0 bridgehead atoms. The highest BCUT2D eigenvalue weighted by Gasteiger charge is 2.48. The third-order valence-electron chi connectivity index (χ3n) is 5.21.